The van der Waals surface area contributed by atoms with Crippen LogP contribution in [0.15, 0.2) is 41.6 Å². The monoisotopic (exact) mass is 477 g/mol. The second kappa shape index (κ2) is 8.62. The number of fused-ring (bicyclic) bond motifs is 1. The number of carbonyl (C=O) groups is 1. The number of sulfone groups is 1. The minimum absolute atomic E-state index is 0.0997. The van der Waals surface area contributed by atoms with E-state index in [1.807, 2.05) is 20.8 Å². The Bertz CT molecular complexity index is 1360. The molecule has 3 aromatic rings. The third-order valence-electron chi connectivity index (χ3n) is 5.04. The molecule has 0 saturated carbocycles. The number of hydrogen-bond donors (Lipinski definition) is 0. The van der Waals surface area contributed by atoms with Gasteiger partial charge < -0.3 is 14.4 Å². The highest BCUT2D eigenvalue weighted by Crippen LogP contribution is 2.27. The maximum Gasteiger partial charge on any atom is 0.410 e. The number of hydrogen-bond acceptors (Lipinski definition) is 8. The number of rotatable bonds is 4. The number of carbonyl (C=O) groups excluding carboxylic acids is 1. The molecule has 10 nitrogen and oxygen atoms in total. The lowest BCUT2D eigenvalue weighted by Crippen LogP contribution is -2.44. The van der Waals surface area contributed by atoms with Crippen molar-refractivity contribution in [2.24, 2.45) is 0 Å². The van der Waals surface area contributed by atoms with Crippen LogP contribution in [0.5, 0.6) is 5.88 Å². The maximum atomic E-state index is 12.3. The average molecular weight is 478 g/mol. The zero-order valence-corrected chi connectivity index (χ0v) is 19.7. The first kappa shape index (κ1) is 20.4. The largest absolute Gasteiger partial charge is 0.474 e. The molecule has 0 spiro atoms. The van der Waals surface area contributed by atoms with E-state index in [1.54, 1.807) is 4.90 Å². The summed E-state index contributed by atoms with van der Waals surface area (Å²) in [5.41, 5.74) is -0.127. The summed E-state index contributed by atoms with van der Waals surface area (Å²) in [6.45, 7) is 6.46. The molecular weight excluding hydrogens is 446 g/mol. The number of likely N-dealkylation sites (tertiary alicyclic amines) is 1. The van der Waals surface area contributed by atoms with Gasteiger partial charge in [-0.25, -0.2) is 27.9 Å². The molecule has 1 amide bonds. The summed E-state index contributed by atoms with van der Waals surface area (Å²) in [6, 6.07) is 2.04. The zero-order valence-electron chi connectivity index (χ0n) is 20.9. The van der Waals surface area contributed by atoms with Gasteiger partial charge in [-0.3, -0.25) is 0 Å². The fourth-order valence-electron chi connectivity index (χ4n) is 3.42. The first-order valence-electron chi connectivity index (χ1n) is 11.5. The van der Waals surface area contributed by atoms with Crippen molar-refractivity contribution in [3.63, 3.8) is 0 Å². The maximum absolute atomic E-state index is 12.3. The van der Waals surface area contributed by atoms with Crippen LogP contribution in [0.1, 0.15) is 36.4 Å². The first-order valence-corrected chi connectivity index (χ1v) is 12.4. The Kier molecular flexibility index (Phi) is 5.33. The highest BCUT2D eigenvalue weighted by Gasteiger charge is 2.28. The van der Waals surface area contributed by atoms with Crippen molar-refractivity contribution >= 4 is 27.0 Å². The fourth-order valence-corrected chi connectivity index (χ4v) is 3.97. The van der Waals surface area contributed by atoms with Gasteiger partial charge in [0.05, 0.1) is 19.5 Å². The van der Waals surface area contributed by atoms with Crippen LogP contribution >= 0.6 is 0 Å². The molecule has 176 valence electrons. The van der Waals surface area contributed by atoms with E-state index in [1.165, 1.54) is 29.3 Å². The van der Waals surface area contributed by atoms with Crippen molar-refractivity contribution in [3.8, 4) is 11.6 Å². The molecule has 11 heteroatoms. The van der Waals surface area contributed by atoms with E-state index < -0.39 is 15.4 Å². The van der Waals surface area contributed by atoms with E-state index >= 15 is 0 Å². The quantitative estimate of drug-likeness (QED) is 0.563. The molecule has 1 aliphatic rings. The molecule has 3 heterocycles. The van der Waals surface area contributed by atoms with Crippen LogP contribution in [-0.4, -0.2) is 70.2 Å². The molecule has 1 aliphatic heterocycles. The predicted molar refractivity (Wildman–Crippen MR) is 121 cm³/mol. The molecule has 1 aromatic carbocycles. The first-order chi connectivity index (χ1) is 16.3. The summed E-state index contributed by atoms with van der Waals surface area (Å²) < 4.78 is 53.1. The van der Waals surface area contributed by atoms with Crippen LogP contribution in [0, 0.1) is 0 Å². The van der Waals surface area contributed by atoms with Gasteiger partial charge >= 0.3 is 6.09 Å². The van der Waals surface area contributed by atoms with Crippen LogP contribution < -0.4 is 4.74 Å². The van der Waals surface area contributed by atoms with Crippen LogP contribution in [-0.2, 0) is 14.6 Å². The number of nitrogens with zero attached hydrogens (tertiary/aromatic N) is 5. The topological polar surface area (TPSA) is 117 Å². The van der Waals surface area contributed by atoms with Crippen molar-refractivity contribution in [2.75, 3.05) is 19.3 Å². The number of aromatic nitrogens is 4. The Morgan fingerprint density at radius 2 is 1.85 bits per heavy atom. The minimum atomic E-state index is -3.57. The molecule has 1 saturated heterocycles. The lowest BCUT2D eigenvalue weighted by atomic mass is 10.1. The van der Waals surface area contributed by atoms with Gasteiger partial charge in [0.25, 0.3) is 0 Å². The molecule has 0 aliphatic carbocycles. The molecule has 4 rings (SSSR count). The molecule has 0 radical (unpaired) electrons. The Balaban J connectivity index is 1.55. The summed E-state index contributed by atoms with van der Waals surface area (Å²) in [7, 11) is -3.57. The molecular formula is C22H27N5O5S. The number of benzene rings is 1. The SMILES string of the molecule is [3H]c1cc(S(C)(=O)=O)cc([3H])c1-n1ncc2c(OC3CCN(C(=O)OC(C)(C)C)CC3)ncnc21. The number of amides is 1. The van der Waals surface area contributed by atoms with Crippen molar-refractivity contribution in [3.05, 3.63) is 36.7 Å². The van der Waals surface area contributed by atoms with E-state index in [0.717, 1.165) is 6.26 Å². The second-order valence-corrected chi connectivity index (χ2v) is 10.9. The third kappa shape index (κ3) is 5.24. The van der Waals surface area contributed by atoms with Gasteiger partial charge in [0.1, 0.15) is 23.4 Å². The molecule has 2 aromatic heterocycles. The number of piperidine rings is 1. The fraction of sp³-hybridized carbons (Fsp3) is 0.455. The Labute approximate surface area is 195 Å². The third-order valence-corrected chi connectivity index (χ3v) is 6.14. The van der Waals surface area contributed by atoms with Gasteiger partial charge in [-0.1, -0.05) is 0 Å². The summed E-state index contributed by atoms with van der Waals surface area (Å²) >= 11 is 0. The van der Waals surface area contributed by atoms with Crippen LogP contribution in [0.4, 0.5) is 4.79 Å². The highest BCUT2D eigenvalue weighted by molar-refractivity contribution is 7.90. The average Bonchev–Trinajstić information content (AvgIpc) is 3.17. The molecule has 33 heavy (non-hydrogen) atoms. The van der Waals surface area contributed by atoms with E-state index in [4.69, 9.17) is 12.2 Å². The van der Waals surface area contributed by atoms with Crippen molar-refractivity contribution in [1.82, 2.24) is 24.6 Å². The Morgan fingerprint density at radius 3 is 2.45 bits per heavy atom. The molecule has 1 fully saturated rings. The second-order valence-electron chi connectivity index (χ2n) is 8.86. The van der Waals surface area contributed by atoms with Crippen molar-refractivity contribution in [1.29, 1.82) is 0 Å². The van der Waals surface area contributed by atoms with Crippen LogP contribution in [0.25, 0.3) is 16.7 Å². The van der Waals surface area contributed by atoms with Crippen LogP contribution in [0.2, 0.25) is 0 Å². The van der Waals surface area contributed by atoms with E-state index in [2.05, 4.69) is 15.1 Å². The van der Waals surface area contributed by atoms with Gasteiger partial charge in [-0.05, 0) is 45.0 Å². The summed E-state index contributed by atoms with van der Waals surface area (Å²) in [6.07, 6.45) is 4.50. The minimum Gasteiger partial charge on any atom is -0.474 e. The van der Waals surface area contributed by atoms with Crippen molar-refractivity contribution in [2.45, 2.75) is 50.2 Å². The van der Waals surface area contributed by atoms with E-state index in [0.29, 0.717) is 42.8 Å². The Hall–Kier alpha value is -3.21. The van der Waals surface area contributed by atoms with E-state index in [9.17, 15) is 13.2 Å². The summed E-state index contributed by atoms with van der Waals surface area (Å²) in [5, 5.41) is 4.77. The smallest absolute Gasteiger partial charge is 0.410 e. The molecule has 0 atom stereocenters. The normalized spacial score (nSPS) is 16.4. The lowest BCUT2D eigenvalue weighted by Gasteiger charge is -2.33. The van der Waals surface area contributed by atoms with Gasteiger partial charge in [0.2, 0.25) is 5.88 Å². The van der Waals surface area contributed by atoms with Crippen molar-refractivity contribution < 1.29 is 25.4 Å². The standard InChI is InChI=1S/C22H27N5O5S/c1-22(2,3)32-21(28)26-11-9-16(10-12-26)31-20-18-13-25-27(19(18)23-14-24-20)15-5-7-17(8-6-15)33(4,29)30/h5-8,13-14,16H,9-12H2,1-4H3/i5T,6T. The number of ether oxygens (including phenoxy) is 2. The van der Waals surface area contributed by atoms with Gasteiger partial charge in [-0.15, -0.1) is 0 Å². The summed E-state index contributed by atoms with van der Waals surface area (Å²) in [5.74, 6) is 0.308. The molecule has 0 N–H and O–H groups in total. The van der Waals surface area contributed by atoms with E-state index in [-0.39, 0.29) is 34.9 Å². The highest BCUT2D eigenvalue weighted by atomic mass is 32.2. The van der Waals surface area contributed by atoms with Gasteiger partial charge in [0, 0.05) is 32.2 Å². The molecule has 0 unspecified atom stereocenters. The van der Waals surface area contributed by atoms with Gasteiger partial charge in [0.15, 0.2) is 15.5 Å². The van der Waals surface area contributed by atoms with Gasteiger partial charge in [-0.2, -0.15) is 5.10 Å². The lowest BCUT2D eigenvalue weighted by molar-refractivity contribution is 0.0124. The predicted octanol–water partition coefficient (Wildman–Crippen LogP) is 3.00. The van der Waals surface area contributed by atoms with Crippen LogP contribution in [0.3, 0.4) is 0 Å². The summed E-state index contributed by atoms with van der Waals surface area (Å²) in [4.78, 5) is 22.3. The Morgan fingerprint density at radius 1 is 1.18 bits per heavy atom. The zero-order chi connectivity index (χ0) is 25.5. The molecule has 0 bridgehead atoms.